The Morgan fingerprint density at radius 2 is 1.63 bits per heavy atom. The third-order valence-electron chi connectivity index (χ3n) is 6.66. The van der Waals surface area contributed by atoms with Gasteiger partial charge in [-0.25, -0.2) is 5.01 Å². The zero-order chi connectivity index (χ0) is 29.4. The molecule has 41 heavy (non-hydrogen) atoms. The van der Waals surface area contributed by atoms with Crippen molar-refractivity contribution in [2.75, 3.05) is 31.1 Å². The summed E-state index contributed by atoms with van der Waals surface area (Å²) in [4.78, 5) is 25.8. The first-order valence-corrected chi connectivity index (χ1v) is 14.1. The fourth-order valence-electron chi connectivity index (χ4n) is 4.57. The van der Waals surface area contributed by atoms with E-state index in [1.165, 1.54) is 6.07 Å². The van der Waals surface area contributed by atoms with Crippen LogP contribution in [0, 0.1) is 11.8 Å². The van der Waals surface area contributed by atoms with Crippen LogP contribution in [0.3, 0.4) is 0 Å². The van der Waals surface area contributed by atoms with E-state index in [-0.39, 0.29) is 23.6 Å². The van der Waals surface area contributed by atoms with Crippen LogP contribution in [-0.2, 0) is 22.6 Å². The summed E-state index contributed by atoms with van der Waals surface area (Å²) in [6, 6.07) is 21.1. The van der Waals surface area contributed by atoms with Crippen LogP contribution in [0.4, 0.5) is 5.69 Å². The molecule has 1 amide bonds. The summed E-state index contributed by atoms with van der Waals surface area (Å²) in [5.74, 6) is 4.57. The van der Waals surface area contributed by atoms with E-state index in [4.69, 9.17) is 5.11 Å². The quantitative estimate of drug-likeness (QED) is 0.262. The van der Waals surface area contributed by atoms with Crippen LogP contribution in [0.25, 0.3) is 0 Å². The molecule has 3 aromatic rings. The number of carbonyl (C=O) groups excluding carboxylic acids is 1. The summed E-state index contributed by atoms with van der Waals surface area (Å²) >= 11 is -2.56. The number of phenols is 1. The summed E-state index contributed by atoms with van der Waals surface area (Å²) in [6.07, 6.45) is -0.274. The van der Waals surface area contributed by atoms with E-state index < -0.39 is 23.3 Å². The summed E-state index contributed by atoms with van der Waals surface area (Å²) in [5.41, 5.74) is 3.42. The molecule has 2 unspecified atom stereocenters. The first kappa shape index (κ1) is 29.8. The molecule has 0 spiro atoms. The first-order valence-electron chi connectivity index (χ1n) is 13.1. The lowest BCUT2D eigenvalue weighted by atomic mass is 10.1. The van der Waals surface area contributed by atoms with Gasteiger partial charge in [0.05, 0.1) is 12.0 Å². The maximum atomic E-state index is 12.6. The normalized spacial score (nSPS) is 15.0. The molecule has 10 nitrogen and oxygen atoms in total. The molecule has 1 aliphatic rings. The number of aromatic hydroxyl groups is 1. The Morgan fingerprint density at radius 1 is 1.00 bits per heavy atom. The Kier molecular flexibility index (Phi) is 10.1. The maximum absolute atomic E-state index is 12.6. The number of carboxylic acids is 1. The molecule has 11 heteroatoms. The van der Waals surface area contributed by atoms with Crippen molar-refractivity contribution in [3.05, 3.63) is 95.1 Å². The highest BCUT2D eigenvalue weighted by molar-refractivity contribution is 7.76. The Morgan fingerprint density at radius 3 is 2.27 bits per heavy atom. The monoisotopic (exact) mass is 575 g/mol. The number of amides is 1. The molecule has 0 aromatic heterocycles. The molecular weight excluding hydrogens is 544 g/mol. The maximum Gasteiger partial charge on any atom is 0.305 e. The van der Waals surface area contributed by atoms with Crippen molar-refractivity contribution in [1.82, 2.24) is 14.7 Å². The van der Waals surface area contributed by atoms with Crippen molar-refractivity contribution in [1.29, 1.82) is 0 Å². The molecular formula is C30H31N4O6S-. The van der Waals surface area contributed by atoms with Gasteiger partial charge in [0, 0.05) is 66.8 Å². The third-order valence-corrected chi connectivity index (χ3v) is 7.55. The second-order valence-corrected chi connectivity index (χ2v) is 10.4. The van der Waals surface area contributed by atoms with Gasteiger partial charge in [-0.2, -0.15) is 4.41 Å². The standard InChI is InChI=1S/C30H32N4O6S/c1-22(19-29(36)37)34(41(39)40)33-17-15-32(16-18-33)26-12-9-23(10-13-26)7-8-24-11-14-28(35)27(20-24)30(38)31-21-25-5-3-2-4-6-25/h2-6,9-14,20,22,35H,15-19,21H2,1H3,(H,31,38)(H,36,37)(H,39,40)/p-1. The fourth-order valence-corrected chi connectivity index (χ4v) is 5.29. The average Bonchev–Trinajstić information content (AvgIpc) is 2.96. The van der Waals surface area contributed by atoms with Crippen LogP contribution in [0.2, 0.25) is 0 Å². The molecule has 1 fully saturated rings. The number of piperazine rings is 1. The third kappa shape index (κ3) is 8.15. The first-order chi connectivity index (χ1) is 19.7. The van der Waals surface area contributed by atoms with Crippen LogP contribution in [0.1, 0.15) is 40.4 Å². The molecule has 0 saturated carbocycles. The number of hydrogen-bond acceptors (Lipinski definition) is 7. The van der Waals surface area contributed by atoms with Gasteiger partial charge in [0.25, 0.3) is 5.91 Å². The fraction of sp³-hybridized carbons (Fsp3) is 0.267. The number of carboxylic acid groups (broad SMARTS) is 1. The number of rotatable bonds is 9. The minimum atomic E-state index is -2.56. The number of anilines is 1. The van der Waals surface area contributed by atoms with Gasteiger partial charge in [-0.15, -0.1) is 0 Å². The Labute approximate surface area is 241 Å². The van der Waals surface area contributed by atoms with Gasteiger partial charge in [0.1, 0.15) is 5.75 Å². The van der Waals surface area contributed by atoms with Crippen LogP contribution in [0.5, 0.6) is 5.75 Å². The highest BCUT2D eigenvalue weighted by Crippen LogP contribution is 2.21. The largest absolute Gasteiger partial charge is 0.759 e. The van der Waals surface area contributed by atoms with Crippen LogP contribution < -0.4 is 10.2 Å². The minimum absolute atomic E-state index is 0.119. The van der Waals surface area contributed by atoms with Gasteiger partial charge in [-0.05, 0) is 55.0 Å². The van der Waals surface area contributed by atoms with Crippen molar-refractivity contribution in [3.63, 3.8) is 0 Å². The van der Waals surface area contributed by atoms with Crippen molar-refractivity contribution in [2.24, 2.45) is 0 Å². The molecule has 4 rings (SSSR count). The van der Waals surface area contributed by atoms with Gasteiger partial charge >= 0.3 is 5.97 Å². The predicted octanol–water partition coefficient (Wildman–Crippen LogP) is 2.72. The second kappa shape index (κ2) is 13.9. The highest BCUT2D eigenvalue weighted by Gasteiger charge is 2.28. The van der Waals surface area contributed by atoms with E-state index in [0.717, 1.165) is 21.2 Å². The van der Waals surface area contributed by atoms with Gasteiger partial charge in [-0.3, -0.25) is 13.8 Å². The number of hydrogen-bond donors (Lipinski definition) is 3. The van der Waals surface area contributed by atoms with Crippen molar-refractivity contribution in [3.8, 4) is 17.6 Å². The van der Waals surface area contributed by atoms with Crippen molar-refractivity contribution >= 4 is 28.8 Å². The topological polar surface area (TPSA) is 136 Å². The average molecular weight is 576 g/mol. The Balaban J connectivity index is 1.36. The molecule has 2 atom stereocenters. The number of hydrazine groups is 1. The zero-order valence-electron chi connectivity index (χ0n) is 22.5. The number of benzene rings is 3. The van der Waals surface area contributed by atoms with Gasteiger partial charge in [0.2, 0.25) is 0 Å². The van der Waals surface area contributed by atoms with Crippen molar-refractivity contribution in [2.45, 2.75) is 25.9 Å². The lowest BCUT2D eigenvalue weighted by Gasteiger charge is -2.44. The summed E-state index contributed by atoms with van der Waals surface area (Å²) < 4.78 is 24.6. The molecule has 3 aromatic carbocycles. The number of aliphatic carboxylic acids is 1. The molecule has 0 aliphatic carbocycles. The van der Waals surface area contributed by atoms with E-state index in [2.05, 4.69) is 22.1 Å². The Hall–Kier alpha value is -4.21. The van der Waals surface area contributed by atoms with E-state index >= 15 is 0 Å². The highest BCUT2D eigenvalue weighted by atomic mass is 32.2. The van der Waals surface area contributed by atoms with E-state index in [0.29, 0.717) is 38.3 Å². The van der Waals surface area contributed by atoms with Gasteiger partial charge in [0.15, 0.2) is 0 Å². The van der Waals surface area contributed by atoms with Crippen LogP contribution in [0.15, 0.2) is 72.8 Å². The lowest BCUT2D eigenvalue weighted by Crippen LogP contribution is -2.57. The predicted molar refractivity (Wildman–Crippen MR) is 154 cm³/mol. The van der Waals surface area contributed by atoms with Crippen molar-refractivity contribution < 1.29 is 28.6 Å². The molecule has 1 heterocycles. The number of carbonyl (C=O) groups is 2. The smallest absolute Gasteiger partial charge is 0.305 e. The molecule has 3 N–H and O–H groups in total. The molecule has 0 radical (unpaired) electrons. The van der Waals surface area contributed by atoms with Gasteiger partial charge < -0.3 is 25.0 Å². The summed E-state index contributed by atoms with van der Waals surface area (Å²) in [6.45, 7) is 3.93. The number of nitrogens with zero attached hydrogens (tertiary/aromatic N) is 3. The summed E-state index contributed by atoms with van der Waals surface area (Å²) in [7, 11) is 0. The zero-order valence-corrected chi connectivity index (χ0v) is 23.3. The van der Waals surface area contributed by atoms with Crippen LogP contribution >= 0.6 is 0 Å². The molecule has 0 bridgehead atoms. The molecule has 1 aliphatic heterocycles. The second-order valence-electron chi connectivity index (χ2n) is 9.60. The number of nitrogens with one attached hydrogen (secondary N) is 1. The SMILES string of the molecule is CC(CC(=O)O)N(N1CCN(c2ccc(C#Cc3ccc(O)c(C(=O)NCc4ccccc4)c3)cc2)CC1)S(=O)[O-]. The Bertz CT molecular complexity index is 1450. The van der Waals surface area contributed by atoms with E-state index in [1.54, 1.807) is 24.1 Å². The van der Waals surface area contributed by atoms with E-state index in [9.17, 15) is 23.5 Å². The number of phenolic OH excluding ortho intramolecular Hbond substituents is 1. The lowest BCUT2D eigenvalue weighted by molar-refractivity contribution is -0.139. The van der Waals surface area contributed by atoms with Crippen LogP contribution in [-0.4, -0.2) is 72.5 Å². The minimum Gasteiger partial charge on any atom is -0.759 e. The summed E-state index contributed by atoms with van der Waals surface area (Å²) in [5, 5.41) is 23.7. The molecule has 1 saturated heterocycles. The molecule has 214 valence electrons. The van der Waals surface area contributed by atoms with Gasteiger partial charge in [-0.1, -0.05) is 42.2 Å². The van der Waals surface area contributed by atoms with E-state index in [1.807, 2.05) is 54.6 Å².